The lowest BCUT2D eigenvalue weighted by molar-refractivity contribution is -0.184. The van der Waals surface area contributed by atoms with Gasteiger partial charge in [0, 0.05) is 32.6 Å². The fourth-order valence-corrected chi connectivity index (χ4v) is 6.72. The van der Waals surface area contributed by atoms with Gasteiger partial charge in [-0.1, -0.05) is 20.8 Å². The molecule has 0 spiro atoms. The Balaban J connectivity index is 1.81. The summed E-state index contributed by atoms with van der Waals surface area (Å²) in [7, 11) is 2.97. The van der Waals surface area contributed by atoms with Crippen molar-refractivity contribution < 1.29 is 47.9 Å². The lowest BCUT2D eigenvalue weighted by Crippen LogP contribution is -2.56. The molecule has 2 saturated carbocycles. The van der Waals surface area contributed by atoms with Crippen molar-refractivity contribution in [2.24, 2.45) is 17.3 Å². The molecule has 210 valence electrons. The van der Waals surface area contributed by atoms with E-state index in [0.717, 1.165) is 0 Å². The maximum absolute atomic E-state index is 13.5. The van der Waals surface area contributed by atoms with Crippen molar-refractivity contribution in [3.63, 3.8) is 0 Å². The van der Waals surface area contributed by atoms with Gasteiger partial charge in [-0.25, -0.2) is 4.79 Å². The predicted molar refractivity (Wildman–Crippen MR) is 134 cm³/mol. The molecule has 0 aromatic heterocycles. The molecule has 10 nitrogen and oxygen atoms in total. The van der Waals surface area contributed by atoms with E-state index in [1.54, 1.807) is 12.1 Å². The van der Waals surface area contributed by atoms with E-state index in [4.69, 9.17) is 28.4 Å². The number of esters is 3. The molecule has 1 aliphatic heterocycles. The van der Waals surface area contributed by atoms with Crippen molar-refractivity contribution in [2.45, 2.75) is 90.0 Å². The Labute approximate surface area is 222 Å². The highest BCUT2D eigenvalue weighted by Gasteiger charge is 2.77. The first-order valence-electron chi connectivity index (χ1n) is 12.9. The summed E-state index contributed by atoms with van der Waals surface area (Å²) in [5.74, 6) is -1.85. The highest BCUT2D eigenvalue weighted by atomic mass is 16.7. The summed E-state index contributed by atoms with van der Waals surface area (Å²) < 4.78 is 34.5. The van der Waals surface area contributed by atoms with Crippen molar-refractivity contribution in [2.75, 3.05) is 14.2 Å². The summed E-state index contributed by atoms with van der Waals surface area (Å²) in [6, 6.07) is 4.72. The molecule has 3 fully saturated rings. The first-order valence-corrected chi connectivity index (χ1v) is 12.9. The van der Waals surface area contributed by atoms with Gasteiger partial charge in [0.05, 0.1) is 36.4 Å². The highest BCUT2D eigenvalue weighted by Crippen LogP contribution is 2.65. The molecule has 3 aliphatic rings. The summed E-state index contributed by atoms with van der Waals surface area (Å²) in [6.45, 7) is 10.0. The zero-order valence-electron chi connectivity index (χ0n) is 23.2. The van der Waals surface area contributed by atoms with Crippen LogP contribution in [0.1, 0.15) is 64.7 Å². The Bertz CT molecular complexity index is 1120. The first-order chi connectivity index (χ1) is 17.7. The number of methoxy groups -OCH3 is 2. The van der Waals surface area contributed by atoms with Gasteiger partial charge in [-0.2, -0.15) is 0 Å². The Morgan fingerprint density at radius 3 is 2.16 bits per heavy atom. The molecule has 1 saturated heterocycles. The normalized spacial score (nSPS) is 37.4. The number of benzene rings is 1. The van der Waals surface area contributed by atoms with Crippen LogP contribution in [0.5, 0.6) is 11.5 Å². The van der Waals surface area contributed by atoms with Crippen LogP contribution in [0, 0.1) is 17.3 Å². The first kappa shape index (κ1) is 28.2. The van der Waals surface area contributed by atoms with Gasteiger partial charge in [0.2, 0.25) is 0 Å². The van der Waals surface area contributed by atoms with Crippen molar-refractivity contribution in [3.8, 4) is 11.5 Å². The van der Waals surface area contributed by atoms with Crippen LogP contribution >= 0.6 is 0 Å². The number of ether oxygens (including phenoxy) is 6. The number of epoxide rings is 1. The van der Waals surface area contributed by atoms with Crippen LogP contribution in [0.2, 0.25) is 0 Å². The minimum atomic E-state index is -1.40. The van der Waals surface area contributed by atoms with Crippen molar-refractivity contribution in [1.29, 1.82) is 0 Å². The molecule has 8 atom stereocenters. The van der Waals surface area contributed by atoms with Gasteiger partial charge in [0.15, 0.2) is 11.5 Å². The molecule has 1 aromatic carbocycles. The number of carbonyl (C=O) groups excluding carboxylic acids is 3. The second-order valence-electron chi connectivity index (χ2n) is 11.4. The third-order valence-corrected chi connectivity index (χ3v) is 8.70. The molecule has 10 heteroatoms. The minimum absolute atomic E-state index is 0.0943. The van der Waals surface area contributed by atoms with E-state index >= 15 is 0 Å². The molecule has 38 heavy (non-hydrogen) atoms. The number of carbonyl (C=O) groups is 3. The maximum Gasteiger partial charge on any atom is 0.338 e. The lowest BCUT2D eigenvalue weighted by Gasteiger charge is -2.46. The Hall–Kier alpha value is -2.85. The predicted octanol–water partition coefficient (Wildman–Crippen LogP) is 3.07. The molecule has 1 N–H and O–H groups in total. The molecule has 0 amide bonds. The molecule has 2 aliphatic carbocycles. The van der Waals surface area contributed by atoms with Crippen LogP contribution in [0.25, 0.3) is 0 Å². The van der Waals surface area contributed by atoms with Crippen LogP contribution in [0.15, 0.2) is 18.2 Å². The quantitative estimate of drug-likeness (QED) is 0.316. The molecule has 1 aromatic rings. The van der Waals surface area contributed by atoms with Crippen molar-refractivity contribution >= 4 is 17.9 Å². The molecule has 4 rings (SSSR count). The number of fused-ring (bicyclic) bond motifs is 2. The van der Waals surface area contributed by atoms with Crippen LogP contribution < -0.4 is 9.47 Å². The fraction of sp³-hybridized carbons (Fsp3) is 0.679. The van der Waals surface area contributed by atoms with Crippen LogP contribution in [0.4, 0.5) is 0 Å². The Morgan fingerprint density at radius 2 is 1.61 bits per heavy atom. The molecular formula is C28H38O10. The summed E-state index contributed by atoms with van der Waals surface area (Å²) in [6.07, 6.45) is -2.65. The SMILES string of the molecule is COc1ccc(C(=O)O[C@@H]2C[C@@]3(C)O[C@H]3[C@H](OC(C)=O)[C@]3(C)[C@@H]2[C@@](O)(C(C)C)C[C@H]3OC(C)=O)cc1OC. The molecular weight excluding hydrogens is 496 g/mol. The van der Waals surface area contributed by atoms with E-state index in [9.17, 15) is 19.5 Å². The topological polar surface area (TPSA) is 130 Å². The fourth-order valence-electron chi connectivity index (χ4n) is 6.72. The van der Waals surface area contributed by atoms with E-state index in [2.05, 4.69) is 0 Å². The van der Waals surface area contributed by atoms with Crippen LogP contribution in [0.3, 0.4) is 0 Å². The second kappa shape index (κ2) is 9.72. The van der Waals surface area contributed by atoms with Gasteiger partial charge in [0.1, 0.15) is 24.4 Å². The average molecular weight is 535 g/mol. The third kappa shape index (κ3) is 4.51. The maximum atomic E-state index is 13.5. The molecule has 0 unspecified atom stereocenters. The van der Waals surface area contributed by atoms with Gasteiger partial charge in [-0.3, -0.25) is 9.59 Å². The van der Waals surface area contributed by atoms with Gasteiger partial charge in [-0.05, 0) is 31.0 Å². The van der Waals surface area contributed by atoms with Gasteiger partial charge in [0.25, 0.3) is 0 Å². The smallest absolute Gasteiger partial charge is 0.338 e. The molecule has 1 heterocycles. The Morgan fingerprint density at radius 1 is 0.974 bits per heavy atom. The van der Waals surface area contributed by atoms with Crippen molar-refractivity contribution in [1.82, 2.24) is 0 Å². The van der Waals surface area contributed by atoms with E-state index in [-0.39, 0.29) is 24.3 Å². The second-order valence-corrected chi connectivity index (χ2v) is 11.4. The summed E-state index contributed by atoms with van der Waals surface area (Å²) in [4.78, 5) is 37.9. The van der Waals surface area contributed by atoms with Gasteiger partial charge in [-0.15, -0.1) is 0 Å². The standard InChI is InChI=1S/C28H38O10/c1-14(2)28(32)13-21(35-15(3)29)27(6)22(28)20(12-26(5)23(38-26)24(27)36-16(4)30)37-25(31)17-9-10-18(33-7)19(11-17)34-8/h9-11,14,20-24,32H,12-13H2,1-8H3/t20-,21-,22-,23+,24+,26-,27+,28+/m1/s1. The van der Waals surface area contributed by atoms with Crippen molar-refractivity contribution in [3.05, 3.63) is 23.8 Å². The number of aliphatic hydroxyl groups is 1. The average Bonchev–Trinajstić information content (AvgIpc) is 3.44. The zero-order chi connectivity index (χ0) is 28.2. The largest absolute Gasteiger partial charge is 0.493 e. The molecule has 0 bridgehead atoms. The number of hydrogen-bond acceptors (Lipinski definition) is 10. The van der Waals surface area contributed by atoms with Gasteiger partial charge < -0.3 is 33.5 Å². The summed E-state index contributed by atoms with van der Waals surface area (Å²) >= 11 is 0. The van der Waals surface area contributed by atoms with Crippen LogP contribution in [-0.4, -0.2) is 72.9 Å². The number of hydrogen-bond donors (Lipinski definition) is 1. The van der Waals surface area contributed by atoms with E-state index in [1.165, 1.54) is 34.1 Å². The lowest BCUT2D eigenvalue weighted by atomic mass is 9.66. The van der Waals surface area contributed by atoms with Crippen LogP contribution in [-0.2, 0) is 28.5 Å². The summed E-state index contributed by atoms with van der Waals surface area (Å²) in [5, 5.41) is 12.2. The monoisotopic (exact) mass is 534 g/mol. The van der Waals surface area contributed by atoms with E-state index < -0.39 is 64.9 Å². The number of rotatable bonds is 7. The third-order valence-electron chi connectivity index (χ3n) is 8.70. The van der Waals surface area contributed by atoms with E-state index in [0.29, 0.717) is 11.5 Å². The van der Waals surface area contributed by atoms with E-state index in [1.807, 2.05) is 27.7 Å². The summed E-state index contributed by atoms with van der Waals surface area (Å²) in [5.41, 5.74) is -3.04. The highest BCUT2D eigenvalue weighted by molar-refractivity contribution is 5.90. The minimum Gasteiger partial charge on any atom is -0.493 e. The van der Waals surface area contributed by atoms with Gasteiger partial charge >= 0.3 is 17.9 Å². The Kier molecular flexibility index (Phi) is 7.20. The zero-order valence-corrected chi connectivity index (χ0v) is 23.2. The molecule has 0 radical (unpaired) electrons.